The predicted octanol–water partition coefficient (Wildman–Crippen LogP) is 5.81. The van der Waals surface area contributed by atoms with Gasteiger partial charge >= 0.3 is 0 Å². The van der Waals surface area contributed by atoms with Crippen molar-refractivity contribution in [2.75, 3.05) is 0 Å². The zero-order valence-corrected chi connectivity index (χ0v) is 12.8. The van der Waals surface area contributed by atoms with Gasteiger partial charge in [-0.25, -0.2) is 0 Å². The van der Waals surface area contributed by atoms with Crippen molar-refractivity contribution >= 4 is 11.1 Å². The molecular formula is C21H22. The van der Waals surface area contributed by atoms with Crippen LogP contribution in [-0.4, -0.2) is 0 Å². The lowest BCUT2D eigenvalue weighted by Crippen LogP contribution is -1.99. The minimum Gasteiger partial charge on any atom is -0.0990 e. The molecular weight excluding hydrogens is 252 g/mol. The largest absolute Gasteiger partial charge is 0.0990 e. The van der Waals surface area contributed by atoms with Crippen molar-refractivity contribution in [3.05, 3.63) is 84.0 Å². The molecule has 0 aromatic heterocycles. The number of rotatable bonds is 4. The van der Waals surface area contributed by atoms with Crippen LogP contribution in [0.4, 0.5) is 0 Å². The summed E-state index contributed by atoms with van der Waals surface area (Å²) < 4.78 is 0. The third-order valence-electron chi connectivity index (χ3n) is 4.49. The van der Waals surface area contributed by atoms with Crippen molar-refractivity contribution in [3.8, 4) is 0 Å². The molecule has 0 saturated heterocycles. The summed E-state index contributed by atoms with van der Waals surface area (Å²) in [7, 11) is 0. The van der Waals surface area contributed by atoms with Crippen molar-refractivity contribution in [1.29, 1.82) is 0 Å². The molecule has 0 N–H and O–H groups in total. The maximum Gasteiger partial charge on any atom is -0.00840 e. The van der Waals surface area contributed by atoms with Gasteiger partial charge < -0.3 is 0 Å². The van der Waals surface area contributed by atoms with Crippen LogP contribution in [0.25, 0.3) is 11.1 Å². The molecule has 1 fully saturated rings. The molecule has 1 aromatic rings. The standard InChI is InChI=1S/C21H22/c1-4-8-16(9-5-2)17-10-6-7-11-18(17)19-13-12-15(3)20-14-21(19)20/h4-13,20-21H,1,14H2,2-3H3/b9-5-,16-8+. The van der Waals surface area contributed by atoms with E-state index in [1.165, 1.54) is 34.3 Å². The fourth-order valence-electron chi connectivity index (χ4n) is 3.33. The van der Waals surface area contributed by atoms with E-state index in [-0.39, 0.29) is 0 Å². The second kappa shape index (κ2) is 5.73. The minimum atomic E-state index is 0.728. The van der Waals surface area contributed by atoms with E-state index in [1.54, 1.807) is 0 Å². The van der Waals surface area contributed by atoms with Crippen molar-refractivity contribution in [2.45, 2.75) is 20.3 Å². The highest BCUT2D eigenvalue weighted by molar-refractivity contribution is 5.86. The molecule has 2 atom stereocenters. The molecule has 2 aliphatic carbocycles. The molecule has 1 aromatic carbocycles. The highest BCUT2D eigenvalue weighted by Gasteiger charge is 2.42. The fraction of sp³-hybridized carbons (Fsp3) is 0.238. The summed E-state index contributed by atoms with van der Waals surface area (Å²) in [5.74, 6) is 1.51. The molecule has 3 rings (SSSR count). The van der Waals surface area contributed by atoms with Crippen molar-refractivity contribution in [3.63, 3.8) is 0 Å². The van der Waals surface area contributed by atoms with Gasteiger partial charge in [0.1, 0.15) is 0 Å². The average molecular weight is 274 g/mol. The molecule has 2 aliphatic rings. The Morgan fingerprint density at radius 3 is 2.76 bits per heavy atom. The fourth-order valence-corrected chi connectivity index (χ4v) is 3.33. The lowest BCUT2D eigenvalue weighted by molar-refractivity contribution is 0.923. The molecule has 0 spiro atoms. The lowest BCUT2D eigenvalue weighted by Gasteiger charge is -2.16. The molecule has 0 radical (unpaired) electrons. The highest BCUT2D eigenvalue weighted by atomic mass is 14.5. The highest BCUT2D eigenvalue weighted by Crippen LogP contribution is 2.54. The molecule has 2 unspecified atom stereocenters. The monoisotopic (exact) mass is 274 g/mol. The van der Waals surface area contributed by atoms with Crippen molar-refractivity contribution < 1.29 is 0 Å². The van der Waals surface area contributed by atoms with Crippen LogP contribution in [0.15, 0.2) is 72.9 Å². The topological polar surface area (TPSA) is 0 Å². The van der Waals surface area contributed by atoms with Gasteiger partial charge in [0.2, 0.25) is 0 Å². The molecule has 0 nitrogen and oxygen atoms in total. The summed E-state index contributed by atoms with van der Waals surface area (Å²) in [5, 5.41) is 0. The Morgan fingerprint density at radius 2 is 2.00 bits per heavy atom. The van der Waals surface area contributed by atoms with Gasteiger partial charge in [0.25, 0.3) is 0 Å². The lowest BCUT2D eigenvalue weighted by atomic mass is 9.88. The maximum atomic E-state index is 3.85. The molecule has 0 aliphatic heterocycles. The Hall–Kier alpha value is -2.08. The van der Waals surface area contributed by atoms with E-state index >= 15 is 0 Å². The quantitative estimate of drug-likeness (QED) is 0.608. The van der Waals surface area contributed by atoms with Gasteiger partial charge in [-0.1, -0.05) is 72.9 Å². The first-order valence-electron chi connectivity index (χ1n) is 7.69. The van der Waals surface area contributed by atoms with Crippen LogP contribution < -0.4 is 0 Å². The van der Waals surface area contributed by atoms with E-state index in [4.69, 9.17) is 0 Å². The van der Waals surface area contributed by atoms with Crippen LogP contribution >= 0.6 is 0 Å². The second-order valence-corrected chi connectivity index (χ2v) is 5.88. The number of allylic oxidation sites excluding steroid dienone is 9. The molecule has 21 heavy (non-hydrogen) atoms. The molecule has 0 heterocycles. The van der Waals surface area contributed by atoms with E-state index < -0.39 is 0 Å². The van der Waals surface area contributed by atoms with Gasteiger partial charge in [0.05, 0.1) is 0 Å². The first kappa shape index (κ1) is 13.9. The third-order valence-corrected chi connectivity index (χ3v) is 4.49. The van der Waals surface area contributed by atoms with Gasteiger partial charge in [0.15, 0.2) is 0 Å². The van der Waals surface area contributed by atoms with Crippen LogP contribution in [0.1, 0.15) is 31.4 Å². The van der Waals surface area contributed by atoms with Gasteiger partial charge in [-0.2, -0.15) is 0 Å². The summed E-state index contributed by atoms with van der Waals surface area (Å²) in [5.41, 5.74) is 6.95. The number of hydrogen-bond donors (Lipinski definition) is 0. The third kappa shape index (κ3) is 2.58. The molecule has 106 valence electrons. The minimum absolute atomic E-state index is 0.728. The second-order valence-electron chi connectivity index (χ2n) is 5.88. The first-order chi connectivity index (χ1) is 10.3. The van der Waals surface area contributed by atoms with Crippen LogP contribution in [0.2, 0.25) is 0 Å². The molecule has 0 bridgehead atoms. The van der Waals surface area contributed by atoms with Gasteiger partial charge in [-0.3, -0.25) is 0 Å². The number of benzene rings is 1. The Bertz CT molecular complexity index is 680. The molecule has 0 heteroatoms. The Labute approximate surface area is 127 Å². The molecule has 1 saturated carbocycles. The van der Waals surface area contributed by atoms with Gasteiger partial charge in [-0.15, -0.1) is 0 Å². The Morgan fingerprint density at radius 1 is 1.19 bits per heavy atom. The van der Waals surface area contributed by atoms with E-state index in [9.17, 15) is 0 Å². The Balaban J connectivity index is 2.09. The predicted molar refractivity (Wildman–Crippen MR) is 92.8 cm³/mol. The van der Waals surface area contributed by atoms with E-state index in [2.05, 4.69) is 75.1 Å². The summed E-state index contributed by atoms with van der Waals surface area (Å²) in [4.78, 5) is 0. The van der Waals surface area contributed by atoms with Crippen LogP contribution in [-0.2, 0) is 0 Å². The molecule has 0 amide bonds. The number of fused-ring (bicyclic) bond motifs is 1. The van der Waals surface area contributed by atoms with Crippen molar-refractivity contribution in [2.24, 2.45) is 11.8 Å². The van der Waals surface area contributed by atoms with Gasteiger partial charge in [-0.05, 0) is 54.4 Å². The maximum absolute atomic E-state index is 3.85. The summed E-state index contributed by atoms with van der Waals surface area (Å²) in [6, 6.07) is 8.73. The zero-order valence-electron chi connectivity index (χ0n) is 12.8. The van der Waals surface area contributed by atoms with Gasteiger partial charge in [0, 0.05) is 0 Å². The number of hydrogen-bond acceptors (Lipinski definition) is 0. The normalized spacial score (nSPS) is 24.4. The summed E-state index contributed by atoms with van der Waals surface area (Å²) in [6.07, 6.45) is 14.1. The smallest absolute Gasteiger partial charge is 0.00840 e. The van der Waals surface area contributed by atoms with Crippen LogP contribution in [0.3, 0.4) is 0 Å². The summed E-state index contributed by atoms with van der Waals surface area (Å²) >= 11 is 0. The van der Waals surface area contributed by atoms with E-state index in [0.29, 0.717) is 0 Å². The average Bonchev–Trinajstić information content (AvgIpc) is 3.29. The van der Waals surface area contributed by atoms with E-state index in [1.807, 2.05) is 6.08 Å². The zero-order chi connectivity index (χ0) is 14.8. The van der Waals surface area contributed by atoms with Crippen LogP contribution in [0, 0.1) is 11.8 Å². The Kier molecular flexibility index (Phi) is 3.79. The van der Waals surface area contributed by atoms with E-state index in [0.717, 1.165) is 11.8 Å². The first-order valence-corrected chi connectivity index (χ1v) is 7.69. The van der Waals surface area contributed by atoms with Crippen molar-refractivity contribution in [1.82, 2.24) is 0 Å². The van der Waals surface area contributed by atoms with Crippen LogP contribution in [0.5, 0.6) is 0 Å². The SMILES string of the molecule is C=C/C=C(\C=C/C)c1ccccc1C1=CC=C(C)C2CC12. The summed E-state index contributed by atoms with van der Waals surface area (Å²) in [6.45, 7) is 8.16.